The van der Waals surface area contributed by atoms with Crippen LogP contribution in [0, 0.1) is 0 Å². The number of rotatable bonds is 5. The van der Waals surface area contributed by atoms with Crippen molar-refractivity contribution in [1.29, 1.82) is 0 Å². The highest BCUT2D eigenvalue weighted by Gasteiger charge is 2.29. The lowest BCUT2D eigenvalue weighted by Crippen LogP contribution is -2.23. The van der Waals surface area contributed by atoms with Crippen molar-refractivity contribution < 1.29 is 22.4 Å². The van der Waals surface area contributed by atoms with Crippen LogP contribution in [-0.2, 0) is 21.0 Å². The van der Waals surface area contributed by atoms with Crippen molar-refractivity contribution in [3.8, 4) is 11.5 Å². The van der Waals surface area contributed by atoms with E-state index in [-0.39, 0.29) is 22.1 Å². The summed E-state index contributed by atoms with van der Waals surface area (Å²) in [6.45, 7) is 12.4. The second-order valence-corrected chi connectivity index (χ2v) is 13.1. The van der Waals surface area contributed by atoms with Gasteiger partial charge in [-0.15, -0.1) is 0 Å². The molecule has 0 aliphatic heterocycles. The van der Waals surface area contributed by atoms with E-state index in [4.69, 9.17) is 22.4 Å². The van der Waals surface area contributed by atoms with Crippen LogP contribution in [-0.4, -0.2) is 30.4 Å². The fourth-order valence-electron chi connectivity index (χ4n) is 2.96. The van der Waals surface area contributed by atoms with Gasteiger partial charge in [-0.05, 0) is 102 Å². The SMILES string of the molecule is CC(C)(C)Oc1ccc([S+](c2ccccc2)c2ccc(OC(C)(C)C)cc2)cc1.CS(=O)(=O)[O-]. The molecule has 0 fully saturated rings. The zero-order chi connectivity index (χ0) is 25.6. The van der Waals surface area contributed by atoms with Gasteiger partial charge < -0.3 is 14.0 Å². The van der Waals surface area contributed by atoms with Crippen LogP contribution >= 0.6 is 0 Å². The Hall–Kier alpha value is -2.48. The van der Waals surface area contributed by atoms with Gasteiger partial charge in [0.25, 0.3) is 0 Å². The number of ether oxygens (including phenoxy) is 2. The summed E-state index contributed by atoms with van der Waals surface area (Å²) in [5.74, 6) is 1.79. The van der Waals surface area contributed by atoms with Crippen LogP contribution in [0.2, 0.25) is 0 Å². The molecule has 3 rings (SSSR count). The van der Waals surface area contributed by atoms with E-state index in [9.17, 15) is 0 Å². The van der Waals surface area contributed by atoms with Crippen LogP contribution in [0.4, 0.5) is 0 Å². The van der Waals surface area contributed by atoms with E-state index in [0.717, 1.165) is 11.5 Å². The molecule has 0 saturated heterocycles. The van der Waals surface area contributed by atoms with E-state index in [0.29, 0.717) is 6.26 Å². The Labute approximate surface area is 207 Å². The minimum atomic E-state index is -3.92. The highest BCUT2D eigenvalue weighted by molar-refractivity contribution is 7.97. The van der Waals surface area contributed by atoms with Crippen molar-refractivity contribution >= 4 is 21.0 Å². The highest BCUT2D eigenvalue weighted by Crippen LogP contribution is 2.33. The first-order valence-corrected chi connectivity index (χ1v) is 13.9. The molecule has 7 heteroatoms. The number of hydrogen-bond donors (Lipinski definition) is 0. The van der Waals surface area contributed by atoms with Gasteiger partial charge >= 0.3 is 0 Å². The lowest BCUT2D eigenvalue weighted by molar-refractivity contribution is 0.130. The van der Waals surface area contributed by atoms with Gasteiger partial charge in [0.2, 0.25) is 0 Å². The van der Waals surface area contributed by atoms with Crippen molar-refractivity contribution in [2.24, 2.45) is 0 Å². The van der Waals surface area contributed by atoms with Crippen LogP contribution in [0.5, 0.6) is 11.5 Å². The third kappa shape index (κ3) is 10.6. The van der Waals surface area contributed by atoms with Crippen molar-refractivity contribution in [1.82, 2.24) is 0 Å². The minimum absolute atomic E-state index is 0.189. The van der Waals surface area contributed by atoms with Crippen molar-refractivity contribution in [3.05, 3.63) is 78.9 Å². The maximum absolute atomic E-state index is 9.08. The zero-order valence-corrected chi connectivity index (χ0v) is 22.5. The Kier molecular flexibility index (Phi) is 9.22. The lowest BCUT2D eigenvalue weighted by Gasteiger charge is -2.21. The Morgan fingerprint density at radius 2 is 0.912 bits per heavy atom. The van der Waals surface area contributed by atoms with Gasteiger partial charge in [-0.2, -0.15) is 0 Å². The summed E-state index contributed by atoms with van der Waals surface area (Å²) in [4.78, 5) is 3.82. The van der Waals surface area contributed by atoms with Gasteiger partial charge in [0.15, 0.2) is 14.7 Å². The number of hydrogen-bond acceptors (Lipinski definition) is 5. The molecule has 0 aliphatic carbocycles. The predicted molar refractivity (Wildman–Crippen MR) is 138 cm³/mol. The summed E-state index contributed by atoms with van der Waals surface area (Å²) < 4.78 is 39.2. The van der Waals surface area contributed by atoms with Gasteiger partial charge in [0, 0.05) is 6.26 Å². The molecule has 5 nitrogen and oxygen atoms in total. The molecule has 34 heavy (non-hydrogen) atoms. The van der Waals surface area contributed by atoms with Crippen molar-refractivity contribution in [3.63, 3.8) is 0 Å². The van der Waals surface area contributed by atoms with Crippen LogP contribution in [0.15, 0.2) is 93.5 Å². The van der Waals surface area contributed by atoms with Gasteiger partial charge in [-0.25, -0.2) is 8.42 Å². The molecule has 0 saturated carbocycles. The molecular formula is C27H34O5S2. The second-order valence-electron chi connectivity index (χ2n) is 9.70. The first kappa shape index (κ1) is 27.8. The maximum atomic E-state index is 9.08. The quantitative estimate of drug-likeness (QED) is 0.302. The van der Waals surface area contributed by atoms with E-state index < -0.39 is 10.1 Å². The first-order chi connectivity index (χ1) is 15.6. The monoisotopic (exact) mass is 502 g/mol. The highest BCUT2D eigenvalue weighted by atomic mass is 32.2. The topological polar surface area (TPSA) is 75.7 Å². The molecule has 0 unspecified atom stereocenters. The second kappa shape index (κ2) is 11.3. The predicted octanol–water partition coefficient (Wildman–Crippen LogP) is 6.30. The maximum Gasteiger partial charge on any atom is 0.166 e. The molecule has 0 heterocycles. The minimum Gasteiger partial charge on any atom is -0.748 e. The molecule has 0 N–H and O–H groups in total. The van der Waals surface area contributed by atoms with Gasteiger partial charge in [0.05, 0.1) is 21.0 Å². The van der Waals surface area contributed by atoms with Crippen LogP contribution in [0.1, 0.15) is 41.5 Å². The van der Waals surface area contributed by atoms with Crippen LogP contribution in [0.3, 0.4) is 0 Å². The van der Waals surface area contributed by atoms with Crippen LogP contribution in [0.25, 0.3) is 0 Å². The molecule has 0 aromatic heterocycles. The van der Waals surface area contributed by atoms with Gasteiger partial charge in [-0.3, -0.25) is 0 Å². The zero-order valence-electron chi connectivity index (χ0n) is 20.9. The lowest BCUT2D eigenvalue weighted by atomic mass is 10.2. The molecule has 0 aliphatic rings. The van der Waals surface area contributed by atoms with Crippen molar-refractivity contribution in [2.75, 3.05) is 6.26 Å². The van der Waals surface area contributed by atoms with E-state index in [1.807, 2.05) is 0 Å². The Morgan fingerprint density at radius 1 is 0.618 bits per heavy atom. The van der Waals surface area contributed by atoms with E-state index in [1.54, 1.807) is 0 Å². The van der Waals surface area contributed by atoms with Crippen LogP contribution < -0.4 is 9.47 Å². The normalized spacial score (nSPS) is 12.0. The molecule has 3 aromatic rings. The fourth-order valence-corrected chi connectivity index (χ4v) is 5.02. The Balaban J connectivity index is 0.000000739. The third-order valence-corrected chi connectivity index (χ3v) is 6.18. The Morgan fingerprint density at radius 3 is 1.21 bits per heavy atom. The summed E-state index contributed by atoms with van der Waals surface area (Å²) in [5.41, 5.74) is -0.406. The van der Waals surface area contributed by atoms with E-state index >= 15 is 0 Å². The smallest absolute Gasteiger partial charge is 0.166 e. The van der Waals surface area contributed by atoms with E-state index in [1.165, 1.54) is 14.7 Å². The van der Waals surface area contributed by atoms with Gasteiger partial charge in [0.1, 0.15) is 22.7 Å². The molecule has 0 spiro atoms. The molecular weight excluding hydrogens is 468 g/mol. The molecule has 3 aromatic carbocycles. The fraction of sp³-hybridized carbons (Fsp3) is 0.333. The summed E-state index contributed by atoms with van der Waals surface area (Å²) in [5, 5.41) is 0. The summed E-state index contributed by atoms with van der Waals surface area (Å²) in [6, 6.07) is 27.6. The summed E-state index contributed by atoms with van der Waals surface area (Å²) in [6.07, 6.45) is 0.604. The number of benzene rings is 3. The average molecular weight is 503 g/mol. The van der Waals surface area contributed by atoms with Crippen molar-refractivity contribution in [2.45, 2.75) is 67.4 Å². The summed E-state index contributed by atoms with van der Waals surface area (Å²) in [7, 11) is -4.11. The molecule has 0 amide bonds. The summed E-state index contributed by atoms with van der Waals surface area (Å²) >= 11 is 0. The molecule has 0 radical (unpaired) electrons. The standard InChI is InChI=1S/C26H31O2S.CH4O3S/c1-25(2,3)27-20-12-16-23(17-13-20)29(22-10-8-7-9-11-22)24-18-14-21(15-19-24)28-26(4,5)6;1-5(2,3)4/h7-19H,1-6H3;1H3,(H,2,3,4)/q+1;/p-1. The molecule has 184 valence electrons. The largest absolute Gasteiger partial charge is 0.748 e. The van der Waals surface area contributed by atoms with Gasteiger partial charge in [-0.1, -0.05) is 18.2 Å². The average Bonchev–Trinajstić information content (AvgIpc) is 2.68. The molecule has 0 atom stereocenters. The van der Waals surface area contributed by atoms with E-state index in [2.05, 4.69) is 120 Å². The molecule has 0 bridgehead atoms. The Bertz CT molecular complexity index is 1060. The third-order valence-electron chi connectivity index (χ3n) is 3.95. The first-order valence-electron chi connectivity index (χ1n) is 10.9.